The topological polar surface area (TPSA) is 104 Å². The summed E-state index contributed by atoms with van der Waals surface area (Å²) in [5.41, 5.74) is 0.913. The molecule has 0 atom stereocenters. The van der Waals surface area contributed by atoms with Crippen LogP contribution in [0.4, 0.5) is 0 Å². The Bertz CT molecular complexity index is 976. The van der Waals surface area contributed by atoms with Crippen molar-refractivity contribution in [2.24, 2.45) is 0 Å². The number of aromatic nitrogens is 2. The third kappa shape index (κ3) is 3.30. The van der Waals surface area contributed by atoms with Gasteiger partial charge >= 0.3 is 11.8 Å². The SMILES string of the molecule is O=C(C(=O)N1CCN(S(=O)(=O)c2cccc3nsnc23)CC1)N1CCCC1. The van der Waals surface area contributed by atoms with Crippen LogP contribution in [0.25, 0.3) is 11.0 Å². The molecule has 2 amide bonds. The highest BCUT2D eigenvalue weighted by atomic mass is 32.2. The second-order valence-electron chi connectivity index (χ2n) is 6.58. The molecule has 2 aromatic rings. The van der Waals surface area contributed by atoms with Crippen molar-refractivity contribution in [1.82, 2.24) is 22.9 Å². The summed E-state index contributed by atoms with van der Waals surface area (Å²) in [6.07, 6.45) is 1.84. The number of carbonyl (C=O) groups excluding carboxylic acids is 2. The average molecular weight is 409 g/mol. The van der Waals surface area contributed by atoms with Gasteiger partial charge in [0.1, 0.15) is 15.9 Å². The molecule has 9 nitrogen and oxygen atoms in total. The molecule has 0 aliphatic carbocycles. The molecule has 144 valence electrons. The Labute approximate surface area is 160 Å². The number of carbonyl (C=O) groups is 2. The summed E-state index contributed by atoms with van der Waals surface area (Å²) in [6.45, 7) is 1.92. The number of sulfonamides is 1. The van der Waals surface area contributed by atoms with Crippen molar-refractivity contribution in [3.05, 3.63) is 18.2 Å². The van der Waals surface area contributed by atoms with Gasteiger partial charge in [-0.3, -0.25) is 9.59 Å². The number of hydrogen-bond acceptors (Lipinski definition) is 7. The summed E-state index contributed by atoms with van der Waals surface area (Å²) in [4.78, 5) is 27.8. The Hall–Kier alpha value is -2.11. The molecular weight excluding hydrogens is 390 g/mol. The number of likely N-dealkylation sites (tertiary alicyclic amines) is 1. The lowest BCUT2D eigenvalue weighted by molar-refractivity contribution is -0.151. The van der Waals surface area contributed by atoms with E-state index in [9.17, 15) is 18.0 Å². The third-order valence-electron chi connectivity index (χ3n) is 4.97. The van der Waals surface area contributed by atoms with Crippen molar-refractivity contribution >= 4 is 44.6 Å². The summed E-state index contributed by atoms with van der Waals surface area (Å²) in [7, 11) is -3.74. The van der Waals surface area contributed by atoms with E-state index in [4.69, 9.17) is 0 Å². The zero-order chi connectivity index (χ0) is 19.0. The second kappa shape index (κ2) is 7.13. The largest absolute Gasteiger partial charge is 0.334 e. The number of amides is 2. The molecule has 0 bridgehead atoms. The normalized spacial score (nSPS) is 19.0. The summed E-state index contributed by atoms with van der Waals surface area (Å²) in [5.74, 6) is -1.03. The molecule has 4 rings (SSSR count). The van der Waals surface area contributed by atoms with Crippen LogP contribution in [0.3, 0.4) is 0 Å². The van der Waals surface area contributed by atoms with Crippen LogP contribution < -0.4 is 0 Å². The van der Waals surface area contributed by atoms with Gasteiger partial charge in [-0.2, -0.15) is 13.1 Å². The zero-order valence-corrected chi connectivity index (χ0v) is 16.2. The maximum atomic E-state index is 13.0. The van der Waals surface area contributed by atoms with Gasteiger partial charge in [-0.15, -0.1) is 0 Å². The van der Waals surface area contributed by atoms with Gasteiger partial charge in [0.15, 0.2) is 0 Å². The molecule has 2 fully saturated rings. The highest BCUT2D eigenvalue weighted by molar-refractivity contribution is 7.89. The van der Waals surface area contributed by atoms with E-state index in [2.05, 4.69) is 8.75 Å². The lowest BCUT2D eigenvalue weighted by Gasteiger charge is -2.34. The molecular formula is C16H19N5O4S2. The van der Waals surface area contributed by atoms with Crippen molar-refractivity contribution in [1.29, 1.82) is 0 Å². The van der Waals surface area contributed by atoms with Crippen molar-refractivity contribution in [2.45, 2.75) is 17.7 Å². The number of fused-ring (bicyclic) bond motifs is 1. The molecule has 2 saturated heterocycles. The molecule has 0 radical (unpaired) electrons. The predicted molar refractivity (Wildman–Crippen MR) is 98.6 cm³/mol. The molecule has 3 heterocycles. The van der Waals surface area contributed by atoms with Crippen LogP contribution in [0.5, 0.6) is 0 Å². The Balaban J connectivity index is 1.46. The van der Waals surface area contributed by atoms with Gasteiger partial charge in [0.2, 0.25) is 10.0 Å². The van der Waals surface area contributed by atoms with Crippen LogP contribution in [0.2, 0.25) is 0 Å². The van der Waals surface area contributed by atoms with Crippen LogP contribution in [0, 0.1) is 0 Å². The first-order valence-corrected chi connectivity index (χ1v) is 10.9. The maximum Gasteiger partial charge on any atom is 0.312 e. The average Bonchev–Trinajstić information content (AvgIpc) is 3.38. The molecule has 11 heteroatoms. The van der Waals surface area contributed by atoms with E-state index in [0.29, 0.717) is 24.1 Å². The number of hydrogen-bond donors (Lipinski definition) is 0. The molecule has 1 aromatic heterocycles. The van der Waals surface area contributed by atoms with E-state index in [1.54, 1.807) is 17.0 Å². The highest BCUT2D eigenvalue weighted by Gasteiger charge is 2.35. The fourth-order valence-electron chi connectivity index (χ4n) is 3.45. The Morgan fingerprint density at radius 1 is 0.889 bits per heavy atom. The molecule has 2 aliphatic rings. The van der Waals surface area contributed by atoms with E-state index >= 15 is 0 Å². The molecule has 1 aromatic carbocycles. The molecule has 0 saturated carbocycles. The maximum absolute atomic E-state index is 13.0. The number of benzene rings is 1. The van der Waals surface area contributed by atoms with Gasteiger partial charge in [0.05, 0.1) is 11.7 Å². The van der Waals surface area contributed by atoms with Crippen LogP contribution in [0.1, 0.15) is 12.8 Å². The van der Waals surface area contributed by atoms with Gasteiger partial charge in [-0.05, 0) is 25.0 Å². The lowest BCUT2D eigenvalue weighted by Crippen LogP contribution is -2.54. The van der Waals surface area contributed by atoms with E-state index in [1.807, 2.05) is 0 Å². The van der Waals surface area contributed by atoms with Crippen molar-refractivity contribution in [2.75, 3.05) is 39.3 Å². The van der Waals surface area contributed by atoms with E-state index in [0.717, 1.165) is 24.6 Å². The minimum atomic E-state index is -3.74. The molecule has 0 N–H and O–H groups in total. The molecule has 0 spiro atoms. The third-order valence-corrected chi connectivity index (χ3v) is 7.44. The highest BCUT2D eigenvalue weighted by Crippen LogP contribution is 2.25. The fraction of sp³-hybridized carbons (Fsp3) is 0.500. The van der Waals surface area contributed by atoms with Crippen molar-refractivity contribution in [3.63, 3.8) is 0 Å². The standard InChI is InChI=1S/C16H19N5O4S2/c22-15(19-6-1-2-7-19)16(23)20-8-10-21(11-9-20)27(24,25)13-5-3-4-12-14(13)18-26-17-12/h3-5H,1-2,6-11H2. The number of nitrogens with zero attached hydrogens (tertiary/aromatic N) is 5. The molecule has 2 aliphatic heterocycles. The fourth-order valence-corrected chi connectivity index (χ4v) is 5.63. The van der Waals surface area contributed by atoms with Crippen LogP contribution >= 0.6 is 11.7 Å². The van der Waals surface area contributed by atoms with E-state index < -0.39 is 21.8 Å². The quantitative estimate of drug-likeness (QED) is 0.654. The van der Waals surface area contributed by atoms with Gasteiger partial charge < -0.3 is 9.80 Å². The van der Waals surface area contributed by atoms with Crippen molar-refractivity contribution < 1.29 is 18.0 Å². The summed E-state index contributed by atoms with van der Waals surface area (Å²) in [5, 5.41) is 0. The van der Waals surface area contributed by atoms with E-state index in [-0.39, 0.29) is 31.1 Å². The summed E-state index contributed by atoms with van der Waals surface area (Å²) >= 11 is 0.971. The van der Waals surface area contributed by atoms with Gasteiger partial charge in [0, 0.05) is 39.3 Å². The van der Waals surface area contributed by atoms with Crippen molar-refractivity contribution in [3.8, 4) is 0 Å². The Morgan fingerprint density at radius 3 is 2.19 bits per heavy atom. The van der Waals surface area contributed by atoms with Crippen LogP contribution in [0.15, 0.2) is 23.1 Å². The van der Waals surface area contributed by atoms with Crippen LogP contribution in [-0.2, 0) is 19.6 Å². The van der Waals surface area contributed by atoms with Gasteiger partial charge in [-0.1, -0.05) is 6.07 Å². The molecule has 27 heavy (non-hydrogen) atoms. The van der Waals surface area contributed by atoms with E-state index in [1.165, 1.54) is 15.3 Å². The molecule has 0 unspecified atom stereocenters. The lowest BCUT2D eigenvalue weighted by atomic mass is 10.3. The summed E-state index contributed by atoms with van der Waals surface area (Å²) < 4.78 is 35.5. The number of piperazine rings is 1. The summed E-state index contributed by atoms with van der Waals surface area (Å²) in [6, 6.07) is 4.89. The second-order valence-corrected chi connectivity index (χ2v) is 9.02. The smallest absolute Gasteiger partial charge is 0.312 e. The minimum absolute atomic E-state index is 0.127. The first kappa shape index (κ1) is 18.3. The first-order valence-electron chi connectivity index (χ1n) is 8.78. The monoisotopic (exact) mass is 409 g/mol. The first-order chi connectivity index (χ1) is 13.0. The Kier molecular flexibility index (Phi) is 4.82. The van der Waals surface area contributed by atoms with Crippen LogP contribution in [-0.4, -0.2) is 82.4 Å². The zero-order valence-electron chi connectivity index (χ0n) is 14.6. The Morgan fingerprint density at radius 2 is 1.52 bits per heavy atom. The minimum Gasteiger partial charge on any atom is -0.334 e. The number of rotatable bonds is 2. The predicted octanol–water partition coefficient (Wildman–Crippen LogP) is 0.147. The van der Waals surface area contributed by atoms with Gasteiger partial charge in [-0.25, -0.2) is 8.42 Å². The van der Waals surface area contributed by atoms with Gasteiger partial charge in [0.25, 0.3) is 0 Å².